The minimum atomic E-state index is -3.39. The van der Waals surface area contributed by atoms with E-state index in [1.54, 1.807) is 12.1 Å². The molecule has 7 heteroatoms. The van der Waals surface area contributed by atoms with Crippen LogP contribution in [0.2, 0.25) is 0 Å². The van der Waals surface area contributed by atoms with Gasteiger partial charge in [0.05, 0.1) is 11.1 Å². The highest BCUT2D eigenvalue weighted by Crippen LogP contribution is 2.08. The molecule has 0 aliphatic rings. The van der Waals surface area contributed by atoms with E-state index < -0.39 is 27.0 Å². The lowest BCUT2D eigenvalue weighted by Crippen LogP contribution is -2.38. The number of rotatable bonds is 4. The monoisotopic (exact) mass is 270 g/mol. The van der Waals surface area contributed by atoms with Crippen molar-refractivity contribution in [2.24, 2.45) is 5.73 Å². The summed E-state index contributed by atoms with van der Waals surface area (Å²) in [5.74, 6) is -1.39. The standard InChI is InChI=1S/C11H14N2O4S/c1-7(18(2,16)17)13-11(15)9-6-4-3-5-8(9)10(12)14/h3-7H,1-2H3,(H2,12,14)(H,13,15). The molecule has 0 fully saturated rings. The van der Waals surface area contributed by atoms with Gasteiger partial charge < -0.3 is 11.1 Å². The number of benzene rings is 1. The van der Waals surface area contributed by atoms with Gasteiger partial charge in [0.25, 0.3) is 5.91 Å². The van der Waals surface area contributed by atoms with E-state index in [0.717, 1.165) is 6.26 Å². The van der Waals surface area contributed by atoms with Crippen LogP contribution in [0, 0.1) is 0 Å². The molecule has 1 unspecified atom stereocenters. The van der Waals surface area contributed by atoms with Gasteiger partial charge in [-0.1, -0.05) is 12.1 Å². The van der Waals surface area contributed by atoms with E-state index in [0.29, 0.717) is 0 Å². The summed E-state index contributed by atoms with van der Waals surface area (Å²) in [7, 11) is -3.39. The summed E-state index contributed by atoms with van der Waals surface area (Å²) >= 11 is 0. The number of nitrogens with two attached hydrogens (primary N) is 1. The van der Waals surface area contributed by atoms with E-state index in [9.17, 15) is 18.0 Å². The second-order valence-corrected chi connectivity index (χ2v) is 6.22. The van der Waals surface area contributed by atoms with Crippen molar-refractivity contribution in [3.8, 4) is 0 Å². The number of hydrogen-bond donors (Lipinski definition) is 2. The smallest absolute Gasteiger partial charge is 0.253 e. The maximum absolute atomic E-state index is 11.8. The molecule has 6 nitrogen and oxygen atoms in total. The van der Waals surface area contributed by atoms with Crippen molar-refractivity contribution < 1.29 is 18.0 Å². The molecule has 0 spiro atoms. The molecule has 0 aromatic heterocycles. The van der Waals surface area contributed by atoms with E-state index in [-0.39, 0.29) is 11.1 Å². The number of sulfone groups is 1. The molecule has 2 amide bonds. The van der Waals surface area contributed by atoms with Crippen LogP contribution in [0.15, 0.2) is 24.3 Å². The number of primary amides is 1. The molecule has 0 saturated carbocycles. The molecule has 0 radical (unpaired) electrons. The van der Waals surface area contributed by atoms with Gasteiger partial charge in [-0.25, -0.2) is 8.42 Å². The van der Waals surface area contributed by atoms with Crippen LogP contribution >= 0.6 is 0 Å². The second-order valence-electron chi connectivity index (χ2n) is 3.86. The van der Waals surface area contributed by atoms with Gasteiger partial charge in [0, 0.05) is 6.26 Å². The molecule has 0 aliphatic heterocycles. The molecular formula is C11H14N2O4S. The molecule has 98 valence electrons. The van der Waals surface area contributed by atoms with Crippen molar-refractivity contribution in [1.29, 1.82) is 0 Å². The van der Waals surface area contributed by atoms with Gasteiger partial charge >= 0.3 is 0 Å². The van der Waals surface area contributed by atoms with Gasteiger partial charge in [0.2, 0.25) is 5.91 Å². The van der Waals surface area contributed by atoms with Crippen molar-refractivity contribution in [3.05, 3.63) is 35.4 Å². The third-order valence-electron chi connectivity index (χ3n) is 2.41. The molecule has 0 saturated heterocycles. The van der Waals surface area contributed by atoms with E-state index in [2.05, 4.69) is 5.32 Å². The molecule has 1 aromatic carbocycles. The maximum atomic E-state index is 11.8. The second kappa shape index (κ2) is 5.18. The lowest BCUT2D eigenvalue weighted by Gasteiger charge is -2.13. The molecule has 1 aromatic rings. The fourth-order valence-corrected chi connectivity index (χ4v) is 1.59. The molecule has 3 N–H and O–H groups in total. The Morgan fingerprint density at radius 3 is 2.17 bits per heavy atom. The summed E-state index contributed by atoms with van der Waals surface area (Å²) < 4.78 is 22.4. The lowest BCUT2D eigenvalue weighted by molar-refractivity contribution is 0.0933. The van der Waals surface area contributed by atoms with Crippen LogP contribution in [-0.4, -0.2) is 31.9 Å². The van der Waals surface area contributed by atoms with Crippen LogP contribution in [-0.2, 0) is 9.84 Å². The maximum Gasteiger partial charge on any atom is 0.253 e. The Labute approximate surface area is 105 Å². The molecule has 0 bridgehead atoms. The SMILES string of the molecule is CC(NC(=O)c1ccccc1C(N)=O)S(C)(=O)=O. The summed E-state index contributed by atoms with van der Waals surface area (Å²) in [6.07, 6.45) is 1.01. The van der Waals surface area contributed by atoms with Crippen LogP contribution in [0.1, 0.15) is 27.6 Å². The highest BCUT2D eigenvalue weighted by Gasteiger charge is 2.20. The number of amides is 2. The average molecular weight is 270 g/mol. The molecule has 18 heavy (non-hydrogen) atoms. The minimum absolute atomic E-state index is 0.0516. The van der Waals surface area contributed by atoms with Gasteiger partial charge in [-0.15, -0.1) is 0 Å². The predicted molar refractivity (Wildman–Crippen MR) is 66.7 cm³/mol. The third kappa shape index (κ3) is 3.30. The summed E-state index contributed by atoms with van der Waals surface area (Å²) in [4.78, 5) is 23.0. The summed E-state index contributed by atoms with van der Waals surface area (Å²) in [6, 6.07) is 5.94. The van der Waals surface area contributed by atoms with Crippen LogP contribution in [0.25, 0.3) is 0 Å². The Kier molecular flexibility index (Phi) is 4.07. The summed E-state index contributed by atoms with van der Waals surface area (Å²) in [6.45, 7) is 1.35. The molecule has 1 atom stereocenters. The number of hydrogen-bond acceptors (Lipinski definition) is 4. The van der Waals surface area contributed by atoms with Crippen molar-refractivity contribution in [3.63, 3.8) is 0 Å². The van der Waals surface area contributed by atoms with Gasteiger partial charge in [-0.3, -0.25) is 9.59 Å². The van der Waals surface area contributed by atoms with Crippen LogP contribution in [0.3, 0.4) is 0 Å². The highest BCUT2D eigenvalue weighted by atomic mass is 32.2. The first kappa shape index (κ1) is 14.2. The van der Waals surface area contributed by atoms with Crippen molar-refractivity contribution in [2.45, 2.75) is 12.3 Å². The summed E-state index contributed by atoms with van der Waals surface area (Å²) in [5, 5.41) is 1.26. The molecular weight excluding hydrogens is 256 g/mol. The van der Waals surface area contributed by atoms with E-state index in [4.69, 9.17) is 5.73 Å². The van der Waals surface area contributed by atoms with Crippen LogP contribution < -0.4 is 11.1 Å². The normalized spacial score (nSPS) is 12.8. The fraction of sp³-hybridized carbons (Fsp3) is 0.273. The zero-order valence-electron chi connectivity index (χ0n) is 10.0. The fourth-order valence-electron chi connectivity index (χ4n) is 1.27. The average Bonchev–Trinajstić information content (AvgIpc) is 2.27. The van der Waals surface area contributed by atoms with E-state index in [1.165, 1.54) is 19.1 Å². The Bertz CT molecular complexity index is 580. The minimum Gasteiger partial charge on any atom is -0.366 e. The van der Waals surface area contributed by atoms with E-state index in [1.807, 2.05) is 0 Å². The zero-order chi connectivity index (χ0) is 13.9. The molecule has 0 aliphatic carbocycles. The topological polar surface area (TPSA) is 106 Å². The van der Waals surface area contributed by atoms with Crippen LogP contribution in [0.4, 0.5) is 0 Å². The quantitative estimate of drug-likeness (QED) is 0.797. The van der Waals surface area contributed by atoms with Gasteiger partial charge in [-0.2, -0.15) is 0 Å². The Morgan fingerprint density at radius 1 is 1.22 bits per heavy atom. The van der Waals surface area contributed by atoms with Crippen LogP contribution in [0.5, 0.6) is 0 Å². The van der Waals surface area contributed by atoms with Gasteiger partial charge in [0.1, 0.15) is 5.37 Å². The van der Waals surface area contributed by atoms with Crippen molar-refractivity contribution in [2.75, 3.05) is 6.26 Å². The predicted octanol–water partition coefficient (Wildman–Crippen LogP) is -0.0941. The van der Waals surface area contributed by atoms with Gasteiger partial charge in [0.15, 0.2) is 9.84 Å². The van der Waals surface area contributed by atoms with Crippen molar-refractivity contribution in [1.82, 2.24) is 5.32 Å². The lowest BCUT2D eigenvalue weighted by atomic mass is 10.1. The summed E-state index contributed by atoms with van der Waals surface area (Å²) in [5.41, 5.74) is 5.24. The van der Waals surface area contributed by atoms with Crippen molar-refractivity contribution >= 4 is 21.7 Å². The Hall–Kier alpha value is -1.89. The first-order valence-electron chi connectivity index (χ1n) is 5.12. The zero-order valence-corrected chi connectivity index (χ0v) is 10.8. The number of carbonyl (C=O) groups is 2. The number of nitrogens with one attached hydrogen (secondary N) is 1. The van der Waals surface area contributed by atoms with E-state index >= 15 is 0 Å². The Morgan fingerprint density at radius 2 is 1.72 bits per heavy atom. The molecule has 1 rings (SSSR count). The highest BCUT2D eigenvalue weighted by molar-refractivity contribution is 7.91. The molecule has 0 heterocycles. The third-order valence-corrected chi connectivity index (χ3v) is 3.82. The first-order chi connectivity index (χ1) is 8.23. The largest absolute Gasteiger partial charge is 0.366 e. The number of carbonyl (C=O) groups excluding carboxylic acids is 2. The Balaban J connectivity index is 3.02. The van der Waals surface area contributed by atoms with Gasteiger partial charge in [-0.05, 0) is 19.1 Å². The first-order valence-corrected chi connectivity index (χ1v) is 7.07.